The molecule has 0 radical (unpaired) electrons. The van der Waals surface area contributed by atoms with Crippen molar-refractivity contribution in [2.45, 2.75) is 19.4 Å². The molecule has 7 nitrogen and oxygen atoms in total. The predicted molar refractivity (Wildman–Crippen MR) is 119 cm³/mol. The topological polar surface area (TPSA) is 66.9 Å². The Kier molecular flexibility index (Phi) is 4.52. The molecule has 8 heteroatoms. The van der Waals surface area contributed by atoms with Gasteiger partial charge in [0.15, 0.2) is 5.65 Å². The molecule has 1 saturated heterocycles. The third kappa shape index (κ3) is 3.24. The molecule has 1 aliphatic heterocycles. The summed E-state index contributed by atoms with van der Waals surface area (Å²) in [4.78, 5) is 26.1. The van der Waals surface area contributed by atoms with Crippen LogP contribution in [-0.4, -0.2) is 52.5 Å². The predicted octanol–water partition coefficient (Wildman–Crippen LogP) is 3.60. The van der Waals surface area contributed by atoms with Gasteiger partial charge < -0.3 is 18.6 Å². The van der Waals surface area contributed by atoms with Crippen molar-refractivity contribution in [2.75, 3.05) is 32.1 Å². The van der Waals surface area contributed by atoms with Crippen molar-refractivity contribution in [1.29, 1.82) is 0 Å². The van der Waals surface area contributed by atoms with E-state index in [2.05, 4.69) is 39.9 Å². The Hall–Kier alpha value is -2.90. The zero-order chi connectivity index (χ0) is 21.0. The number of rotatable bonds is 3. The Morgan fingerprint density at radius 1 is 1.20 bits per heavy atom. The van der Waals surface area contributed by atoms with Crippen LogP contribution in [0, 0.1) is 6.92 Å². The first-order valence-corrected chi connectivity index (χ1v) is 10.3. The average molecular weight is 424 g/mol. The maximum atomic E-state index is 12.8. The normalized spacial score (nSPS) is 17.0. The fourth-order valence-electron chi connectivity index (χ4n) is 4.12. The van der Waals surface area contributed by atoms with Crippen molar-refractivity contribution >= 4 is 33.9 Å². The molecular formula is C22H22ClN5O2. The summed E-state index contributed by atoms with van der Waals surface area (Å²) in [6.07, 6.45) is 4.57. The van der Waals surface area contributed by atoms with Gasteiger partial charge in [0.2, 0.25) is 0 Å². The molecule has 0 spiro atoms. The highest BCUT2D eigenvalue weighted by atomic mass is 35.5. The summed E-state index contributed by atoms with van der Waals surface area (Å²) in [6, 6.07) is 8.41. The van der Waals surface area contributed by atoms with Crippen molar-refractivity contribution < 1.29 is 4.42 Å². The SMILES string of the molecule is Cc1nc(Cl)cn2cc(-c3cc4ccc(N5CCC(N(C)C)C5)cc4oc3=O)nc12. The molecule has 3 aromatic heterocycles. The second-order valence-electron chi connectivity index (χ2n) is 8.03. The number of nitrogens with zero attached hydrogens (tertiary/aromatic N) is 5. The molecule has 0 saturated carbocycles. The number of aromatic nitrogens is 3. The number of fused-ring (bicyclic) bond motifs is 2. The fourth-order valence-corrected chi connectivity index (χ4v) is 4.35. The van der Waals surface area contributed by atoms with Gasteiger partial charge in [-0.2, -0.15) is 0 Å². The number of hydrogen-bond donors (Lipinski definition) is 0. The van der Waals surface area contributed by atoms with Crippen LogP contribution in [0.5, 0.6) is 0 Å². The summed E-state index contributed by atoms with van der Waals surface area (Å²) in [7, 11) is 4.22. The number of benzene rings is 1. The van der Waals surface area contributed by atoms with E-state index in [0.717, 1.165) is 30.6 Å². The van der Waals surface area contributed by atoms with Crippen LogP contribution in [0.4, 0.5) is 5.69 Å². The molecule has 1 atom stereocenters. The molecule has 0 N–H and O–H groups in total. The molecule has 4 aromatic rings. The minimum absolute atomic E-state index is 0.375. The Morgan fingerprint density at radius 3 is 2.80 bits per heavy atom. The van der Waals surface area contributed by atoms with Crippen LogP contribution in [-0.2, 0) is 0 Å². The summed E-state index contributed by atoms with van der Waals surface area (Å²) in [5.74, 6) is 0. The lowest BCUT2D eigenvalue weighted by Crippen LogP contribution is -2.31. The van der Waals surface area contributed by atoms with Crippen molar-refractivity contribution in [3.8, 4) is 11.3 Å². The van der Waals surface area contributed by atoms with E-state index in [1.807, 2.05) is 25.1 Å². The second-order valence-corrected chi connectivity index (χ2v) is 8.42. The van der Waals surface area contributed by atoms with Crippen LogP contribution in [0.25, 0.3) is 27.9 Å². The number of halogens is 1. The molecular weight excluding hydrogens is 402 g/mol. The molecule has 1 aromatic carbocycles. The van der Waals surface area contributed by atoms with Gasteiger partial charge in [-0.05, 0) is 45.6 Å². The van der Waals surface area contributed by atoms with Crippen molar-refractivity contribution in [1.82, 2.24) is 19.3 Å². The van der Waals surface area contributed by atoms with Gasteiger partial charge in [-0.15, -0.1) is 0 Å². The third-order valence-electron chi connectivity index (χ3n) is 5.83. The summed E-state index contributed by atoms with van der Waals surface area (Å²) in [6.45, 7) is 3.80. The smallest absolute Gasteiger partial charge is 0.345 e. The lowest BCUT2D eigenvalue weighted by Gasteiger charge is -2.22. The molecule has 1 aliphatic rings. The number of likely N-dealkylation sites (N-methyl/N-ethyl adjacent to an activating group) is 1. The van der Waals surface area contributed by atoms with Crippen molar-refractivity contribution in [3.05, 3.63) is 57.9 Å². The Balaban J connectivity index is 1.53. The number of anilines is 1. The van der Waals surface area contributed by atoms with Crippen LogP contribution >= 0.6 is 11.6 Å². The number of aryl methyl sites for hydroxylation is 1. The van der Waals surface area contributed by atoms with E-state index in [9.17, 15) is 4.79 Å². The van der Waals surface area contributed by atoms with E-state index in [1.165, 1.54) is 0 Å². The first-order chi connectivity index (χ1) is 14.4. The molecule has 0 bridgehead atoms. The van der Waals surface area contributed by atoms with Gasteiger partial charge in [0, 0.05) is 48.7 Å². The first-order valence-electron chi connectivity index (χ1n) is 9.90. The van der Waals surface area contributed by atoms with E-state index >= 15 is 0 Å². The highest BCUT2D eigenvalue weighted by molar-refractivity contribution is 6.29. The molecule has 154 valence electrons. The quantitative estimate of drug-likeness (QED) is 0.469. The van der Waals surface area contributed by atoms with E-state index in [4.69, 9.17) is 16.0 Å². The summed E-state index contributed by atoms with van der Waals surface area (Å²) < 4.78 is 7.47. The second kappa shape index (κ2) is 7.11. The maximum absolute atomic E-state index is 12.8. The highest BCUT2D eigenvalue weighted by Crippen LogP contribution is 2.28. The minimum atomic E-state index is -0.410. The molecule has 1 unspecified atom stereocenters. The van der Waals surface area contributed by atoms with Crippen LogP contribution in [0.3, 0.4) is 0 Å². The molecule has 30 heavy (non-hydrogen) atoms. The maximum Gasteiger partial charge on any atom is 0.345 e. The van der Waals surface area contributed by atoms with Gasteiger partial charge in [-0.25, -0.2) is 14.8 Å². The van der Waals surface area contributed by atoms with Crippen molar-refractivity contribution in [2.24, 2.45) is 0 Å². The van der Waals surface area contributed by atoms with Gasteiger partial charge in [0.25, 0.3) is 0 Å². The average Bonchev–Trinajstić information content (AvgIpc) is 3.34. The number of imidazole rings is 1. The monoisotopic (exact) mass is 423 g/mol. The zero-order valence-corrected chi connectivity index (χ0v) is 17.8. The van der Waals surface area contributed by atoms with Crippen molar-refractivity contribution in [3.63, 3.8) is 0 Å². The molecule has 0 aliphatic carbocycles. The van der Waals surface area contributed by atoms with Crippen LogP contribution in [0.15, 0.2) is 45.9 Å². The van der Waals surface area contributed by atoms with Gasteiger partial charge >= 0.3 is 5.63 Å². The lowest BCUT2D eigenvalue weighted by molar-refractivity contribution is 0.315. The Morgan fingerprint density at radius 2 is 2.03 bits per heavy atom. The zero-order valence-electron chi connectivity index (χ0n) is 17.1. The third-order valence-corrected chi connectivity index (χ3v) is 6.01. The fraction of sp³-hybridized carbons (Fsp3) is 0.318. The van der Waals surface area contributed by atoms with Gasteiger partial charge in [0.1, 0.15) is 10.7 Å². The Labute approximate surface area is 178 Å². The standard InChI is InChI=1S/C22H22ClN5O2/c1-13-21-25-18(11-28(21)12-20(23)24-13)17-8-14-4-5-15(9-19(14)30-22(17)29)27-7-6-16(10-27)26(2)3/h4-5,8-9,11-12,16H,6-7,10H2,1-3H3. The molecule has 1 fully saturated rings. The first kappa shape index (κ1) is 19.1. The van der Waals surface area contributed by atoms with E-state index < -0.39 is 5.63 Å². The van der Waals surface area contributed by atoms with E-state index in [0.29, 0.717) is 39.4 Å². The van der Waals surface area contributed by atoms with Crippen LogP contribution in [0.2, 0.25) is 5.15 Å². The van der Waals surface area contributed by atoms with Crippen LogP contribution in [0.1, 0.15) is 12.1 Å². The molecule has 5 rings (SSSR count). The highest BCUT2D eigenvalue weighted by Gasteiger charge is 2.24. The van der Waals surface area contributed by atoms with Gasteiger partial charge in [0.05, 0.1) is 17.0 Å². The van der Waals surface area contributed by atoms with Gasteiger partial charge in [-0.3, -0.25) is 0 Å². The minimum Gasteiger partial charge on any atom is -0.422 e. The summed E-state index contributed by atoms with van der Waals surface area (Å²) >= 11 is 6.04. The lowest BCUT2D eigenvalue weighted by atomic mass is 10.1. The molecule has 0 amide bonds. The van der Waals surface area contributed by atoms with Crippen LogP contribution < -0.4 is 10.5 Å². The Bertz CT molecular complexity index is 1330. The molecule has 4 heterocycles. The van der Waals surface area contributed by atoms with E-state index in [-0.39, 0.29) is 0 Å². The summed E-state index contributed by atoms with van der Waals surface area (Å²) in [5.41, 5.74) is 3.57. The van der Waals surface area contributed by atoms with E-state index in [1.54, 1.807) is 16.8 Å². The largest absolute Gasteiger partial charge is 0.422 e. The van der Waals surface area contributed by atoms with Gasteiger partial charge in [-0.1, -0.05) is 11.6 Å². The number of hydrogen-bond acceptors (Lipinski definition) is 6. The summed E-state index contributed by atoms with van der Waals surface area (Å²) in [5, 5.41) is 1.24.